The van der Waals surface area contributed by atoms with Crippen molar-refractivity contribution in [2.24, 2.45) is 7.05 Å². The lowest BCUT2D eigenvalue weighted by Crippen LogP contribution is -2.31. The zero-order valence-corrected chi connectivity index (χ0v) is 13.6. The molecule has 2 aromatic carbocycles. The van der Waals surface area contributed by atoms with Gasteiger partial charge in [-0.3, -0.25) is 0 Å². The van der Waals surface area contributed by atoms with Gasteiger partial charge in [0, 0.05) is 19.2 Å². The second-order valence-electron chi connectivity index (χ2n) is 5.93. The molecule has 0 N–H and O–H groups in total. The third-order valence-corrected chi connectivity index (χ3v) is 4.44. The van der Waals surface area contributed by atoms with Crippen LogP contribution < -0.4 is 14.2 Å². The molecule has 1 aromatic heterocycles. The number of pyridine rings is 1. The van der Waals surface area contributed by atoms with E-state index in [4.69, 9.17) is 4.74 Å². The summed E-state index contributed by atoms with van der Waals surface area (Å²) in [6.45, 7) is 2.15. The van der Waals surface area contributed by atoms with Crippen LogP contribution in [0, 0.1) is 6.92 Å². The van der Waals surface area contributed by atoms with Gasteiger partial charge < -0.3 is 9.64 Å². The maximum absolute atomic E-state index is 6.15. The highest BCUT2D eigenvalue weighted by atomic mass is 16.5. The van der Waals surface area contributed by atoms with Crippen LogP contribution >= 0.6 is 0 Å². The van der Waals surface area contributed by atoms with Crippen LogP contribution in [0.25, 0.3) is 11.3 Å². The summed E-state index contributed by atoms with van der Waals surface area (Å²) in [7, 11) is 4.18. The number of ether oxygens (including phenoxy) is 1. The van der Waals surface area contributed by atoms with Crippen molar-refractivity contribution in [3.63, 3.8) is 0 Å². The molecule has 1 aliphatic rings. The fraction of sp³-hybridized carbons (Fsp3) is 0.150. The Bertz CT molecular complexity index is 902. The molecule has 0 bridgehead atoms. The number of hydrogen-bond donors (Lipinski definition) is 0. The first-order chi connectivity index (χ1) is 11.2. The van der Waals surface area contributed by atoms with Gasteiger partial charge in [0.05, 0.1) is 16.9 Å². The fourth-order valence-corrected chi connectivity index (χ4v) is 3.25. The van der Waals surface area contributed by atoms with Crippen LogP contribution in [0.2, 0.25) is 0 Å². The van der Waals surface area contributed by atoms with Gasteiger partial charge in [-0.05, 0) is 36.8 Å². The number of nitrogens with zero attached hydrogens (tertiary/aromatic N) is 2. The van der Waals surface area contributed by atoms with Crippen LogP contribution in [-0.2, 0) is 7.05 Å². The lowest BCUT2D eigenvalue weighted by atomic mass is 9.99. The minimum atomic E-state index is 0.898. The molecule has 23 heavy (non-hydrogen) atoms. The number of hydrogen-bond acceptors (Lipinski definition) is 2. The monoisotopic (exact) mass is 303 g/mol. The van der Waals surface area contributed by atoms with Gasteiger partial charge in [-0.25, -0.2) is 4.57 Å². The molecular formula is C20H19N2O+. The van der Waals surface area contributed by atoms with E-state index in [1.807, 2.05) is 24.3 Å². The summed E-state index contributed by atoms with van der Waals surface area (Å²) >= 11 is 0. The third-order valence-electron chi connectivity index (χ3n) is 4.44. The van der Waals surface area contributed by atoms with Crippen LogP contribution in [0.15, 0.2) is 60.8 Å². The van der Waals surface area contributed by atoms with Gasteiger partial charge in [-0.1, -0.05) is 18.2 Å². The van der Waals surface area contributed by atoms with Gasteiger partial charge in [-0.2, -0.15) is 0 Å². The zero-order valence-electron chi connectivity index (χ0n) is 13.6. The average Bonchev–Trinajstić information content (AvgIpc) is 2.57. The van der Waals surface area contributed by atoms with Gasteiger partial charge >= 0.3 is 0 Å². The summed E-state index contributed by atoms with van der Waals surface area (Å²) in [5.74, 6) is 1.80. The van der Waals surface area contributed by atoms with E-state index < -0.39 is 0 Å². The van der Waals surface area contributed by atoms with Crippen molar-refractivity contribution in [3.8, 4) is 22.8 Å². The summed E-state index contributed by atoms with van der Waals surface area (Å²) in [5.41, 5.74) is 5.83. The van der Waals surface area contributed by atoms with Gasteiger partial charge in [0.2, 0.25) is 5.69 Å². The van der Waals surface area contributed by atoms with E-state index in [-0.39, 0.29) is 0 Å². The van der Waals surface area contributed by atoms with E-state index in [9.17, 15) is 0 Å². The Morgan fingerprint density at radius 1 is 0.913 bits per heavy atom. The summed E-state index contributed by atoms with van der Waals surface area (Å²) in [6, 6.07) is 18.6. The number of aryl methyl sites for hydroxylation is 2. The standard InChI is InChI=1S/C20H19N2O/c1-14-11-12-18-20(19(14)16-9-6-7-13-21(16)2)22(3)15-8-4-5-10-17(15)23-18/h4-13H,1-3H3/q+1. The summed E-state index contributed by atoms with van der Waals surface area (Å²) in [4.78, 5) is 2.23. The number of fused-ring (bicyclic) bond motifs is 2. The molecule has 0 aliphatic carbocycles. The lowest BCUT2D eigenvalue weighted by Gasteiger charge is -2.31. The number of aromatic nitrogens is 1. The molecule has 0 radical (unpaired) electrons. The van der Waals surface area contributed by atoms with E-state index in [0.29, 0.717) is 0 Å². The van der Waals surface area contributed by atoms with E-state index in [0.717, 1.165) is 22.9 Å². The first-order valence-electron chi connectivity index (χ1n) is 7.76. The second-order valence-corrected chi connectivity index (χ2v) is 5.93. The van der Waals surface area contributed by atoms with Crippen molar-refractivity contribution < 1.29 is 9.30 Å². The Hall–Kier alpha value is -2.81. The molecule has 0 amide bonds. The summed E-state index contributed by atoms with van der Waals surface area (Å²) < 4.78 is 8.30. The molecule has 0 fully saturated rings. The predicted octanol–water partition coefficient (Wildman–Crippen LogP) is 4.36. The Labute approximate surface area is 136 Å². The molecule has 3 aromatic rings. The first kappa shape index (κ1) is 13.8. The van der Waals surface area contributed by atoms with Crippen LogP contribution in [0.5, 0.6) is 11.5 Å². The molecule has 114 valence electrons. The Morgan fingerprint density at radius 3 is 2.52 bits per heavy atom. The Kier molecular flexibility index (Phi) is 3.08. The van der Waals surface area contributed by atoms with Crippen LogP contribution in [0.4, 0.5) is 11.4 Å². The van der Waals surface area contributed by atoms with E-state index in [2.05, 4.69) is 67.0 Å². The molecule has 3 nitrogen and oxygen atoms in total. The first-order valence-corrected chi connectivity index (χ1v) is 7.76. The van der Waals surface area contributed by atoms with E-state index in [1.165, 1.54) is 16.8 Å². The van der Waals surface area contributed by atoms with Crippen molar-refractivity contribution in [2.75, 3.05) is 11.9 Å². The van der Waals surface area contributed by atoms with Crippen molar-refractivity contribution in [1.29, 1.82) is 0 Å². The molecular weight excluding hydrogens is 284 g/mol. The number of para-hydroxylation sites is 2. The molecule has 4 rings (SSSR count). The Balaban J connectivity index is 2.00. The lowest BCUT2D eigenvalue weighted by molar-refractivity contribution is -0.660. The van der Waals surface area contributed by atoms with Gasteiger partial charge in [0.15, 0.2) is 17.7 Å². The molecule has 0 atom stereocenters. The summed E-state index contributed by atoms with van der Waals surface area (Å²) in [5, 5.41) is 0. The minimum absolute atomic E-state index is 0.898. The maximum atomic E-state index is 6.15. The van der Waals surface area contributed by atoms with Crippen molar-refractivity contribution in [3.05, 3.63) is 66.4 Å². The maximum Gasteiger partial charge on any atom is 0.214 e. The van der Waals surface area contributed by atoms with Crippen LogP contribution in [0.1, 0.15) is 5.56 Å². The highest BCUT2D eigenvalue weighted by Crippen LogP contribution is 2.50. The van der Waals surface area contributed by atoms with Crippen LogP contribution in [-0.4, -0.2) is 7.05 Å². The number of rotatable bonds is 1. The predicted molar refractivity (Wildman–Crippen MR) is 92.4 cm³/mol. The Morgan fingerprint density at radius 2 is 1.70 bits per heavy atom. The largest absolute Gasteiger partial charge is 0.453 e. The van der Waals surface area contributed by atoms with Crippen LogP contribution in [0.3, 0.4) is 0 Å². The molecule has 1 aliphatic heterocycles. The average molecular weight is 303 g/mol. The molecule has 0 unspecified atom stereocenters. The molecule has 0 saturated carbocycles. The summed E-state index contributed by atoms with van der Waals surface area (Å²) in [6.07, 6.45) is 2.08. The normalized spacial score (nSPS) is 12.4. The quantitative estimate of drug-likeness (QED) is 0.621. The number of benzene rings is 2. The van der Waals surface area contributed by atoms with Gasteiger partial charge in [0.25, 0.3) is 0 Å². The third kappa shape index (κ3) is 2.08. The highest BCUT2D eigenvalue weighted by molar-refractivity contribution is 5.89. The van der Waals surface area contributed by atoms with Crippen molar-refractivity contribution in [2.45, 2.75) is 6.92 Å². The smallest absolute Gasteiger partial charge is 0.214 e. The molecule has 0 saturated heterocycles. The SMILES string of the molecule is Cc1ccc2c(c1-c1cccc[n+]1C)N(C)c1ccccc1O2. The second kappa shape index (κ2) is 5.13. The highest BCUT2D eigenvalue weighted by Gasteiger charge is 2.28. The topological polar surface area (TPSA) is 16.4 Å². The number of anilines is 2. The van der Waals surface area contributed by atoms with Crippen molar-refractivity contribution >= 4 is 11.4 Å². The molecule has 2 heterocycles. The van der Waals surface area contributed by atoms with Gasteiger partial charge in [0.1, 0.15) is 7.05 Å². The van der Waals surface area contributed by atoms with E-state index >= 15 is 0 Å². The molecule has 3 heteroatoms. The minimum Gasteiger partial charge on any atom is -0.453 e. The van der Waals surface area contributed by atoms with Crippen molar-refractivity contribution in [1.82, 2.24) is 0 Å². The molecule has 0 spiro atoms. The zero-order chi connectivity index (χ0) is 16.0. The fourth-order valence-electron chi connectivity index (χ4n) is 3.25. The van der Waals surface area contributed by atoms with Gasteiger partial charge in [-0.15, -0.1) is 0 Å². The van der Waals surface area contributed by atoms with E-state index in [1.54, 1.807) is 0 Å².